The highest BCUT2D eigenvalue weighted by Crippen LogP contribution is 2.32. The van der Waals surface area contributed by atoms with E-state index in [9.17, 15) is 19.3 Å². The van der Waals surface area contributed by atoms with Gasteiger partial charge in [0.15, 0.2) is 0 Å². The smallest absolute Gasteiger partial charge is 0.314 e. The molecule has 0 heterocycles. The first kappa shape index (κ1) is 14.4. The molecule has 0 aromatic heterocycles. The zero-order valence-corrected chi connectivity index (χ0v) is 10.7. The Morgan fingerprint density at radius 1 is 1.29 bits per heavy atom. The third-order valence-electron chi connectivity index (χ3n) is 2.60. The van der Waals surface area contributed by atoms with Crippen molar-refractivity contribution in [2.24, 2.45) is 0 Å². The molecular weight excluding hydrogens is 281 g/mol. The molecule has 7 heteroatoms. The molecule has 0 spiro atoms. The molecule has 0 saturated heterocycles. The van der Waals surface area contributed by atoms with E-state index in [-0.39, 0.29) is 17.9 Å². The fourth-order valence-corrected chi connectivity index (χ4v) is 1.74. The van der Waals surface area contributed by atoms with Crippen molar-refractivity contribution in [2.75, 3.05) is 0 Å². The average molecular weight is 291 g/mol. The molecule has 0 saturated carbocycles. The van der Waals surface area contributed by atoms with E-state index in [0.29, 0.717) is 5.56 Å². The Balaban J connectivity index is 2.30. The number of nitrogens with zero attached hydrogens (tertiary/aromatic N) is 1. The Morgan fingerprint density at radius 3 is 2.71 bits per heavy atom. The molecule has 0 radical (unpaired) electrons. The van der Waals surface area contributed by atoms with Gasteiger partial charge in [-0.3, -0.25) is 14.9 Å². The van der Waals surface area contributed by atoms with Crippen molar-refractivity contribution in [1.29, 1.82) is 0 Å². The van der Waals surface area contributed by atoms with Gasteiger partial charge in [-0.2, -0.15) is 0 Å². The summed E-state index contributed by atoms with van der Waals surface area (Å²) in [5, 5.41) is 19.6. The summed E-state index contributed by atoms with van der Waals surface area (Å²) in [7, 11) is 0. The number of rotatable bonds is 5. The highest BCUT2D eigenvalue weighted by atomic mass is 19.1. The van der Waals surface area contributed by atoms with Crippen LogP contribution in [0.3, 0.4) is 0 Å². The van der Waals surface area contributed by atoms with Crippen molar-refractivity contribution in [3.8, 4) is 11.5 Å². The minimum absolute atomic E-state index is 0.117. The number of halogens is 1. The van der Waals surface area contributed by atoms with Gasteiger partial charge >= 0.3 is 11.7 Å². The second-order valence-electron chi connectivity index (χ2n) is 4.19. The standard InChI is InChI=1S/C14H10FNO5/c15-10-4-5-13(12(8-10)16(19)20)21-11-3-1-2-9(6-11)7-14(17)18/h1-6,8H,7H2,(H,17,18). The summed E-state index contributed by atoms with van der Waals surface area (Å²) in [6.07, 6.45) is -0.192. The molecule has 108 valence electrons. The van der Waals surface area contributed by atoms with Crippen molar-refractivity contribution in [3.63, 3.8) is 0 Å². The van der Waals surface area contributed by atoms with Gasteiger partial charge in [-0.05, 0) is 29.8 Å². The van der Waals surface area contributed by atoms with E-state index in [1.54, 1.807) is 12.1 Å². The van der Waals surface area contributed by atoms with E-state index in [0.717, 1.165) is 18.2 Å². The molecule has 0 amide bonds. The third-order valence-corrected chi connectivity index (χ3v) is 2.60. The van der Waals surface area contributed by atoms with Gasteiger partial charge in [0.05, 0.1) is 17.4 Å². The number of carbonyl (C=O) groups is 1. The van der Waals surface area contributed by atoms with Gasteiger partial charge in [0, 0.05) is 0 Å². The van der Waals surface area contributed by atoms with Crippen molar-refractivity contribution in [3.05, 3.63) is 64.0 Å². The molecule has 0 aliphatic heterocycles. The first-order valence-electron chi connectivity index (χ1n) is 5.88. The lowest BCUT2D eigenvalue weighted by atomic mass is 10.1. The molecule has 21 heavy (non-hydrogen) atoms. The summed E-state index contributed by atoms with van der Waals surface area (Å²) in [6.45, 7) is 0. The van der Waals surface area contributed by atoms with Crippen LogP contribution in [-0.2, 0) is 11.2 Å². The molecule has 0 unspecified atom stereocenters. The minimum Gasteiger partial charge on any atom is -0.481 e. The fraction of sp³-hybridized carbons (Fsp3) is 0.0714. The van der Waals surface area contributed by atoms with E-state index in [2.05, 4.69) is 0 Å². The molecule has 0 atom stereocenters. The molecule has 0 aliphatic rings. The van der Waals surface area contributed by atoms with Crippen molar-refractivity contribution in [2.45, 2.75) is 6.42 Å². The van der Waals surface area contributed by atoms with Crippen LogP contribution in [0.2, 0.25) is 0 Å². The van der Waals surface area contributed by atoms with Gasteiger partial charge in [-0.15, -0.1) is 0 Å². The molecule has 0 bridgehead atoms. The van der Waals surface area contributed by atoms with Gasteiger partial charge in [0.2, 0.25) is 5.75 Å². The molecule has 2 rings (SSSR count). The predicted molar refractivity (Wildman–Crippen MR) is 70.9 cm³/mol. The zero-order valence-electron chi connectivity index (χ0n) is 10.7. The average Bonchev–Trinajstić information content (AvgIpc) is 2.40. The maximum atomic E-state index is 13.0. The van der Waals surface area contributed by atoms with E-state index in [4.69, 9.17) is 9.84 Å². The topological polar surface area (TPSA) is 89.7 Å². The molecule has 0 fully saturated rings. The maximum absolute atomic E-state index is 13.0. The molecule has 2 aromatic carbocycles. The Labute approximate surface area is 118 Å². The summed E-state index contributed by atoms with van der Waals surface area (Å²) >= 11 is 0. The van der Waals surface area contributed by atoms with Crippen LogP contribution in [0.1, 0.15) is 5.56 Å². The van der Waals surface area contributed by atoms with Gasteiger partial charge < -0.3 is 9.84 Å². The molecule has 1 N–H and O–H groups in total. The number of ether oxygens (including phenoxy) is 1. The molecule has 0 aliphatic carbocycles. The Hall–Kier alpha value is -2.96. The lowest BCUT2D eigenvalue weighted by Crippen LogP contribution is -2.00. The van der Waals surface area contributed by atoms with Crippen molar-refractivity contribution >= 4 is 11.7 Å². The van der Waals surface area contributed by atoms with E-state index >= 15 is 0 Å². The van der Waals surface area contributed by atoms with Crippen LogP contribution in [0.25, 0.3) is 0 Å². The highest BCUT2D eigenvalue weighted by molar-refractivity contribution is 5.70. The second-order valence-corrected chi connectivity index (χ2v) is 4.19. The molecule has 2 aromatic rings. The number of aliphatic carboxylic acids is 1. The Morgan fingerprint density at radius 2 is 2.05 bits per heavy atom. The van der Waals surface area contributed by atoms with Gasteiger partial charge in [-0.1, -0.05) is 12.1 Å². The van der Waals surface area contributed by atoms with E-state index in [1.807, 2.05) is 0 Å². The summed E-state index contributed by atoms with van der Waals surface area (Å²) < 4.78 is 18.4. The number of hydrogen-bond acceptors (Lipinski definition) is 4. The summed E-state index contributed by atoms with van der Waals surface area (Å²) in [4.78, 5) is 20.8. The van der Waals surface area contributed by atoms with Crippen LogP contribution in [0.15, 0.2) is 42.5 Å². The van der Waals surface area contributed by atoms with Crippen LogP contribution in [0.4, 0.5) is 10.1 Å². The third kappa shape index (κ3) is 3.75. The number of nitro groups is 1. The lowest BCUT2D eigenvalue weighted by molar-refractivity contribution is -0.385. The summed E-state index contributed by atoms with van der Waals surface area (Å²) in [5.41, 5.74) is -0.0107. The monoisotopic (exact) mass is 291 g/mol. The first-order valence-corrected chi connectivity index (χ1v) is 5.88. The lowest BCUT2D eigenvalue weighted by Gasteiger charge is -2.07. The quantitative estimate of drug-likeness (QED) is 0.675. The van der Waals surface area contributed by atoms with Crippen LogP contribution >= 0.6 is 0 Å². The number of carboxylic acids is 1. The molecular formula is C14H10FNO5. The summed E-state index contributed by atoms with van der Waals surface area (Å²) in [5.74, 6) is -1.62. The Kier molecular flexibility index (Phi) is 4.13. The second kappa shape index (κ2) is 6.00. The number of carboxylic acid groups (broad SMARTS) is 1. The van der Waals surface area contributed by atoms with Gasteiger partial charge in [-0.25, -0.2) is 4.39 Å². The minimum atomic E-state index is -1.00. The summed E-state index contributed by atoms with van der Waals surface area (Å²) in [6, 6.07) is 9.11. The zero-order chi connectivity index (χ0) is 15.4. The van der Waals surface area contributed by atoms with Crippen LogP contribution in [0.5, 0.6) is 11.5 Å². The van der Waals surface area contributed by atoms with Crippen molar-refractivity contribution < 1.29 is 24.0 Å². The van der Waals surface area contributed by atoms with E-state index < -0.39 is 22.4 Å². The predicted octanol–water partition coefficient (Wildman–Crippen LogP) is 3.15. The fourth-order valence-electron chi connectivity index (χ4n) is 1.74. The van der Waals surface area contributed by atoms with E-state index in [1.165, 1.54) is 12.1 Å². The Bertz CT molecular complexity index is 702. The van der Waals surface area contributed by atoms with Crippen LogP contribution in [-0.4, -0.2) is 16.0 Å². The maximum Gasteiger partial charge on any atom is 0.314 e. The van der Waals surface area contributed by atoms with Gasteiger partial charge in [0.25, 0.3) is 0 Å². The van der Waals surface area contributed by atoms with Crippen LogP contribution in [0, 0.1) is 15.9 Å². The first-order chi connectivity index (χ1) is 9.95. The van der Waals surface area contributed by atoms with Gasteiger partial charge in [0.1, 0.15) is 11.6 Å². The van der Waals surface area contributed by atoms with Crippen molar-refractivity contribution in [1.82, 2.24) is 0 Å². The largest absolute Gasteiger partial charge is 0.481 e. The number of nitro benzene ring substituents is 1. The normalized spacial score (nSPS) is 10.1. The van der Waals surface area contributed by atoms with Crippen LogP contribution < -0.4 is 4.74 Å². The SMILES string of the molecule is O=C(O)Cc1cccc(Oc2ccc(F)cc2[N+](=O)[O-])c1. The number of benzene rings is 2. The highest BCUT2D eigenvalue weighted by Gasteiger charge is 2.17. The number of hydrogen-bond donors (Lipinski definition) is 1. The molecule has 6 nitrogen and oxygen atoms in total.